The molecule has 1 heterocycles. The number of hydrogen-bond donors (Lipinski definition) is 1. The third-order valence-electron chi connectivity index (χ3n) is 3.15. The van der Waals surface area contributed by atoms with Gasteiger partial charge in [0.1, 0.15) is 10.7 Å². The lowest BCUT2D eigenvalue weighted by molar-refractivity contribution is 0.0955. The summed E-state index contributed by atoms with van der Waals surface area (Å²) in [5, 5.41) is 2.85. The Morgan fingerprint density at radius 2 is 1.91 bits per heavy atom. The Morgan fingerprint density at radius 3 is 2.68 bits per heavy atom. The van der Waals surface area contributed by atoms with Crippen LogP contribution in [-0.4, -0.2) is 10.3 Å². The number of carbonyl (C=O) groups is 1. The number of amides is 1. The summed E-state index contributed by atoms with van der Waals surface area (Å²) in [4.78, 5) is 12.6. The standard InChI is InChI=1S/C17H13FN2OS/c18-14-8-4-7-13(9-14)15-10-16(22-20-15)17(21)19-11-12-5-2-1-3-6-12/h1-10H,11H2,(H,19,21). The smallest absolute Gasteiger partial charge is 0.263 e. The van der Waals surface area contributed by atoms with Crippen molar-refractivity contribution in [3.63, 3.8) is 0 Å². The minimum atomic E-state index is -0.319. The fraction of sp³-hybridized carbons (Fsp3) is 0.0588. The van der Waals surface area contributed by atoms with Crippen molar-refractivity contribution in [2.24, 2.45) is 0 Å². The second kappa shape index (κ2) is 6.49. The van der Waals surface area contributed by atoms with Crippen LogP contribution in [0.1, 0.15) is 15.2 Å². The highest BCUT2D eigenvalue weighted by Crippen LogP contribution is 2.22. The molecule has 0 spiro atoms. The van der Waals surface area contributed by atoms with E-state index in [1.54, 1.807) is 18.2 Å². The van der Waals surface area contributed by atoms with Crippen LogP contribution < -0.4 is 5.32 Å². The zero-order valence-corrected chi connectivity index (χ0v) is 12.4. The molecule has 0 fully saturated rings. The average Bonchev–Trinajstić information content (AvgIpc) is 3.04. The molecule has 0 bridgehead atoms. The van der Waals surface area contributed by atoms with Crippen LogP contribution in [-0.2, 0) is 6.54 Å². The largest absolute Gasteiger partial charge is 0.347 e. The molecule has 5 heteroatoms. The van der Waals surface area contributed by atoms with Crippen molar-refractivity contribution in [3.05, 3.63) is 76.9 Å². The van der Waals surface area contributed by atoms with Gasteiger partial charge in [-0.3, -0.25) is 4.79 Å². The molecule has 0 radical (unpaired) electrons. The maximum atomic E-state index is 13.2. The summed E-state index contributed by atoms with van der Waals surface area (Å²) in [5.41, 5.74) is 2.30. The molecule has 22 heavy (non-hydrogen) atoms. The molecule has 3 rings (SSSR count). The van der Waals surface area contributed by atoms with Gasteiger partial charge in [-0.1, -0.05) is 42.5 Å². The number of halogens is 1. The van der Waals surface area contributed by atoms with Crippen molar-refractivity contribution < 1.29 is 9.18 Å². The van der Waals surface area contributed by atoms with Crippen LogP contribution in [0.2, 0.25) is 0 Å². The quantitative estimate of drug-likeness (QED) is 0.794. The zero-order chi connectivity index (χ0) is 15.4. The first-order valence-electron chi connectivity index (χ1n) is 6.77. The lowest BCUT2D eigenvalue weighted by Gasteiger charge is -2.02. The Kier molecular flexibility index (Phi) is 4.25. The van der Waals surface area contributed by atoms with Crippen molar-refractivity contribution in [2.75, 3.05) is 0 Å². The van der Waals surface area contributed by atoms with E-state index < -0.39 is 0 Å². The van der Waals surface area contributed by atoms with Crippen LogP contribution in [0.5, 0.6) is 0 Å². The van der Waals surface area contributed by atoms with E-state index in [1.165, 1.54) is 12.1 Å². The van der Waals surface area contributed by atoms with Gasteiger partial charge < -0.3 is 5.32 Å². The van der Waals surface area contributed by atoms with Gasteiger partial charge in [0.15, 0.2) is 0 Å². The highest BCUT2D eigenvalue weighted by atomic mass is 32.1. The van der Waals surface area contributed by atoms with E-state index in [0.29, 0.717) is 22.7 Å². The molecular formula is C17H13FN2OS. The van der Waals surface area contributed by atoms with Crippen molar-refractivity contribution in [1.29, 1.82) is 0 Å². The van der Waals surface area contributed by atoms with Crippen LogP contribution in [0.3, 0.4) is 0 Å². The molecule has 1 N–H and O–H groups in total. The molecular weight excluding hydrogens is 299 g/mol. The van der Waals surface area contributed by atoms with Crippen molar-refractivity contribution in [1.82, 2.24) is 9.69 Å². The zero-order valence-electron chi connectivity index (χ0n) is 11.6. The van der Waals surface area contributed by atoms with E-state index in [4.69, 9.17) is 0 Å². The number of carbonyl (C=O) groups excluding carboxylic acids is 1. The van der Waals surface area contributed by atoms with Crippen LogP contribution in [0.15, 0.2) is 60.7 Å². The summed E-state index contributed by atoms with van der Waals surface area (Å²) in [7, 11) is 0. The lowest BCUT2D eigenvalue weighted by Crippen LogP contribution is -2.21. The fourth-order valence-electron chi connectivity index (χ4n) is 2.03. The Hall–Kier alpha value is -2.53. The second-order valence-corrected chi connectivity index (χ2v) is 5.56. The molecule has 0 saturated carbocycles. The van der Waals surface area contributed by atoms with Gasteiger partial charge >= 0.3 is 0 Å². The minimum Gasteiger partial charge on any atom is -0.347 e. The molecule has 1 aromatic heterocycles. The molecule has 0 aliphatic heterocycles. The number of hydrogen-bond acceptors (Lipinski definition) is 3. The predicted octanol–water partition coefficient (Wildman–Crippen LogP) is 3.88. The third kappa shape index (κ3) is 3.38. The molecule has 3 nitrogen and oxygen atoms in total. The highest BCUT2D eigenvalue weighted by molar-refractivity contribution is 7.08. The first kappa shape index (κ1) is 14.4. The Labute approximate surface area is 131 Å². The predicted molar refractivity (Wildman–Crippen MR) is 85.1 cm³/mol. The molecule has 0 atom stereocenters. The lowest BCUT2D eigenvalue weighted by atomic mass is 10.1. The van der Waals surface area contributed by atoms with Gasteiger partial charge in [-0.25, -0.2) is 4.39 Å². The van der Waals surface area contributed by atoms with E-state index in [0.717, 1.165) is 17.1 Å². The van der Waals surface area contributed by atoms with Crippen molar-refractivity contribution in [3.8, 4) is 11.3 Å². The summed E-state index contributed by atoms with van der Waals surface area (Å²) in [6, 6.07) is 17.5. The maximum Gasteiger partial charge on any atom is 0.263 e. The van der Waals surface area contributed by atoms with Gasteiger partial charge in [-0.15, -0.1) is 0 Å². The molecule has 0 saturated heterocycles. The van der Waals surface area contributed by atoms with E-state index in [2.05, 4.69) is 9.69 Å². The first-order chi connectivity index (χ1) is 10.7. The molecule has 110 valence electrons. The van der Waals surface area contributed by atoms with Gasteiger partial charge in [0, 0.05) is 12.1 Å². The third-order valence-corrected chi connectivity index (χ3v) is 3.94. The Morgan fingerprint density at radius 1 is 1.09 bits per heavy atom. The van der Waals surface area contributed by atoms with E-state index >= 15 is 0 Å². The van der Waals surface area contributed by atoms with Gasteiger partial charge in [-0.05, 0) is 35.3 Å². The van der Waals surface area contributed by atoms with Gasteiger partial charge in [0.2, 0.25) is 0 Å². The number of aromatic nitrogens is 1. The minimum absolute atomic E-state index is 0.177. The number of nitrogens with zero attached hydrogens (tertiary/aromatic N) is 1. The van der Waals surface area contributed by atoms with Gasteiger partial charge in [-0.2, -0.15) is 4.37 Å². The summed E-state index contributed by atoms with van der Waals surface area (Å²) in [6.45, 7) is 0.465. The highest BCUT2D eigenvalue weighted by Gasteiger charge is 2.11. The summed E-state index contributed by atoms with van der Waals surface area (Å²) >= 11 is 1.11. The van der Waals surface area contributed by atoms with Crippen LogP contribution in [0, 0.1) is 5.82 Å². The topological polar surface area (TPSA) is 42.0 Å². The summed E-state index contributed by atoms with van der Waals surface area (Å²) in [6.07, 6.45) is 0. The summed E-state index contributed by atoms with van der Waals surface area (Å²) < 4.78 is 17.4. The molecule has 0 aliphatic rings. The van der Waals surface area contributed by atoms with Gasteiger partial charge in [0.05, 0.1) is 5.69 Å². The molecule has 1 amide bonds. The Bertz CT molecular complexity index is 786. The molecule has 3 aromatic rings. The SMILES string of the molecule is O=C(NCc1ccccc1)c1cc(-c2cccc(F)c2)ns1. The van der Waals surface area contributed by atoms with Crippen LogP contribution in [0.4, 0.5) is 4.39 Å². The van der Waals surface area contributed by atoms with Crippen LogP contribution in [0.25, 0.3) is 11.3 Å². The molecule has 0 aliphatic carbocycles. The number of benzene rings is 2. The van der Waals surface area contributed by atoms with Gasteiger partial charge in [0.25, 0.3) is 5.91 Å². The normalized spacial score (nSPS) is 10.4. The number of nitrogens with one attached hydrogen (secondary N) is 1. The average molecular weight is 312 g/mol. The first-order valence-corrected chi connectivity index (χ1v) is 7.54. The second-order valence-electron chi connectivity index (χ2n) is 4.76. The monoisotopic (exact) mass is 312 g/mol. The van der Waals surface area contributed by atoms with E-state index in [1.807, 2.05) is 30.3 Å². The van der Waals surface area contributed by atoms with E-state index in [9.17, 15) is 9.18 Å². The maximum absolute atomic E-state index is 13.2. The van der Waals surface area contributed by atoms with Crippen molar-refractivity contribution in [2.45, 2.75) is 6.54 Å². The Balaban J connectivity index is 1.69. The van der Waals surface area contributed by atoms with Crippen LogP contribution >= 0.6 is 11.5 Å². The number of rotatable bonds is 4. The molecule has 2 aromatic carbocycles. The summed E-state index contributed by atoms with van der Waals surface area (Å²) in [5.74, 6) is -0.496. The van der Waals surface area contributed by atoms with Crippen molar-refractivity contribution >= 4 is 17.4 Å². The molecule has 0 unspecified atom stereocenters. The van der Waals surface area contributed by atoms with E-state index in [-0.39, 0.29) is 11.7 Å². The fourth-order valence-corrected chi connectivity index (χ4v) is 2.71.